The number of carbonyl (C=O) groups is 1. The molecule has 25 heavy (non-hydrogen) atoms. The number of fused-ring (bicyclic) bond motifs is 1. The molecule has 2 aliphatic heterocycles. The van der Waals surface area contributed by atoms with Gasteiger partial charge in [0, 0.05) is 16.4 Å². The van der Waals surface area contributed by atoms with E-state index in [1.807, 2.05) is 31.2 Å². The van der Waals surface area contributed by atoms with Gasteiger partial charge in [-0.2, -0.15) is 0 Å². The normalized spacial score (nSPS) is 24.6. The average molecular weight is 377 g/mol. The van der Waals surface area contributed by atoms with Crippen LogP contribution in [0.4, 0.5) is 16.2 Å². The molecule has 0 saturated carbocycles. The van der Waals surface area contributed by atoms with Gasteiger partial charge in [-0.25, -0.2) is 13.2 Å². The number of hydrogen-bond donors (Lipinski definition) is 0. The van der Waals surface area contributed by atoms with E-state index >= 15 is 0 Å². The van der Waals surface area contributed by atoms with Crippen LogP contribution in [0.2, 0.25) is 5.02 Å². The molecule has 7 heteroatoms. The van der Waals surface area contributed by atoms with Crippen LogP contribution in [0.25, 0.3) is 0 Å². The van der Waals surface area contributed by atoms with Gasteiger partial charge in [-0.05, 0) is 42.8 Å². The average Bonchev–Trinajstić information content (AvgIpc) is 2.95. The molecule has 2 fully saturated rings. The second kappa shape index (κ2) is 5.75. The van der Waals surface area contributed by atoms with E-state index in [1.165, 1.54) is 0 Å². The van der Waals surface area contributed by atoms with E-state index in [1.54, 1.807) is 34.1 Å². The molecule has 0 bridgehead atoms. The molecule has 2 atom stereocenters. The minimum atomic E-state index is -3.20. The quantitative estimate of drug-likeness (QED) is 0.756. The van der Waals surface area contributed by atoms with Crippen LogP contribution in [0.5, 0.6) is 0 Å². The van der Waals surface area contributed by atoms with Crippen LogP contribution >= 0.6 is 11.6 Å². The lowest BCUT2D eigenvalue weighted by Crippen LogP contribution is -2.37. The number of nitrogens with zero attached hydrogens (tertiary/aromatic N) is 2. The summed E-state index contributed by atoms with van der Waals surface area (Å²) < 4.78 is 24.5. The first-order chi connectivity index (χ1) is 11.9. The van der Waals surface area contributed by atoms with Crippen molar-refractivity contribution in [2.24, 2.45) is 0 Å². The summed E-state index contributed by atoms with van der Waals surface area (Å²) in [6, 6.07) is 13.5. The Bertz CT molecular complexity index is 891. The summed E-state index contributed by atoms with van der Waals surface area (Å²) in [7, 11) is -3.20. The number of carbonyl (C=O) groups excluding carboxylic acids is 1. The molecule has 0 aromatic heterocycles. The molecule has 2 heterocycles. The Labute approximate surface area is 151 Å². The molecule has 2 saturated heterocycles. The third-order valence-electron chi connectivity index (χ3n) is 4.74. The first kappa shape index (κ1) is 16.4. The van der Waals surface area contributed by atoms with Crippen LogP contribution in [0.3, 0.4) is 0 Å². The van der Waals surface area contributed by atoms with Gasteiger partial charge in [0.2, 0.25) is 0 Å². The number of hydrogen-bond acceptors (Lipinski definition) is 3. The summed E-state index contributed by atoms with van der Waals surface area (Å²) in [5, 5.41) is 0.511. The summed E-state index contributed by atoms with van der Waals surface area (Å²) in [4.78, 5) is 16.4. The monoisotopic (exact) mass is 376 g/mol. The second-order valence-corrected chi connectivity index (χ2v) is 9.14. The number of anilines is 2. The number of halogens is 1. The van der Waals surface area contributed by atoms with E-state index in [0.717, 1.165) is 11.3 Å². The number of rotatable bonds is 2. The van der Waals surface area contributed by atoms with Crippen LogP contribution in [0.1, 0.15) is 5.56 Å². The molecule has 5 nitrogen and oxygen atoms in total. The molecule has 2 aromatic rings. The summed E-state index contributed by atoms with van der Waals surface area (Å²) in [5.74, 6) is -0.0490. The highest BCUT2D eigenvalue weighted by Crippen LogP contribution is 2.38. The molecule has 0 radical (unpaired) electrons. The molecule has 2 aliphatic rings. The lowest BCUT2D eigenvalue weighted by atomic mass is 10.1. The third kappa shape index (κ3) is 2.79. The molecule has 130 valence electrons. The minimum absolute atomic E-state index is 0.0194. The van der Waals surface area contributed by atoms with Crippen LogP contribution in [-0.2, 0) is 9.84 Å². The minimum Gasteiger partial charge on any atom is -0.288 e. The maximum Gasteiger partial charge on any atom is 0.329 e. The van der Waals surface area contributed by atoms with Crippen molar-refractivity contribution in [1.82, 2.24) is 0 Å². The number of urea groups is 1. The van der Waals surface area contributed by atoms with Crippen LogP contribution < -0.4 is 9.80 Å². The van der Waals surface area contributed by atoms with Crippen molar-refractivity contribution in [3.8, 4) is 0 Å². The Morgan fingerprint density at radius 3 is 2.08 bits per heavy atom. The number of benzene rings is 2. The first-order valence-corrected chi connectivity index (χ1v) is 10.2. The topological polar surface area (TPSA) is 57.7 Å². The highest BCUT2D eigenvalue weighted by atomic mass is 35.5. The van der Waals surface area contributed by atoms with Crippen LogP contribution in [-0.4, -0.2) is 38.0 Å². The van der Waals surface area contributed by atoms with Crippen molar-refractivity contribution in [3.63, 3.8) is 0 Å². The predicted octanol–water partition coefficient (Wildman–Crippen LogP) is 3.26. The number of amides is 2. The number of aryl methyl sites for hydroxylation is 1. The van der Waals surface area contributed by atoms with Crippen molar-refractivity contribution in [2.45, 2.75) is 19.0 Å². The molecule has 2 aromatic carbocycles. The largest absolute Gasteiger partial charge is 0.329 e. The molecular formula is C18H17ClN2O3S. The Morgan fingerprint density at radius 1 is 0.960 bits per heavy atom. The van der Waals surface area contributed by atoms with Gasteiger partial charge >= 0.3 is 6.03 Å². The highest BCUT2D eigenvalue weighted by molar-refractivity contribution is 7.91. The highest BCUT2D eigenvalue weighted by Gasteiger charge is 2.54. The van der Waals surface area contributed by atoms with Crippen molar-refractivity contribution in [1.29, 1.82) is 0 Å². The van der Waals surface area contributed by atoms with Gasteiger partial charge < -0.3 is 0 Å². The number of sulfone groups is 1. The van der Waals surface area contributed by atoms with E-state index in [0.29, 0.717) is 10.7 Å². The SMILES string of the molecule is Cc1cccc(N2C(=O)N(c3cccc(Cl)c3)[C@@H]3CS(=O)(=O)C[C@@H]32)c1. The maximum absolute atomic E-state index is 13.2. The fourth-order valence-corrected chi connectivity index (χ4v) is 5.81. The van der Waals surface area contributed by atoms with Gasteiger partial charge in [-0.3, -0.25) is 9.80 Å². The van der Waals surface area contributed by atoms with Gasteiger partial charge in [0.25, 0.3) is 0 Å². The van der Waals surface area contributed by atoms with Gasteiger partial charge in [-0.1, -0.05) is 29.8 Å². The van der Waals surface area contributed by atoms with Crippen molar-refractivity contribution < 1.29 is 13.2 Å². The summed E-state index contributed by atoms with van der Waals surface area (Å²) >= 11 is 6.07. The molecule has 4 rings (SSSR count). The lowest BCUT2D eigenvalue weighted by Gasteiger charge is -2.23. The Kier molecular flexibility index (Phi) is 3.77. The molecular weight excluding hydrogens is 360 g/mol. The van der Waals surface area contributed by atoms with E-state index in [2.05, 4.69) is 0 Å². The molecule has 2 amide bonds. The maximum atomic E-state index is 13.2. The molecule has 0 aliphatic carbocycles. The van der Waals surface area contributed by atoms with Crippen LogP contribution in [0.15, 0.2) is 48.5 Å². The molecule has 0 unspecified atom stereocenters. The third-order valence-corrected chi connectivity index (χ3v) is 6.67. The van der Waals surface area contributed by atoms with Crippen LogP contribution in [0, 0.1) is 6.92 Å². The Balaban J connectivity index is 1.83. The van der Waals surface area contributed by atoms with Crippen molar-refractivity contribution in [3.05, 3.63) is 59.1 Å². The molecule has 0 N–H and O–H groups in total. The molecule has 0 spiro atoms. The Hall–Kier alpha value is -2.05. The Morgan fingerprint density at radius 2 is 1.52 bits per heavy atom. The second-order valence-electron chi connectivity index (χ2n) is 6.55. The van der Waals surface area contributed by atoms with Crippen molar-refractivity contribution in [2.75, 3.05) is 21.3 Å². The van der Waals surface area contributed by atoms with Gasteiger partial charge in [0.1, 0.15) is 0 Å². The fraction of sp³-hybridized carbons (Fsp3) is 0.278. The summed E-state index contributed by atoms with van der Waals surface area (Å²) in [6.45, 7) is 1.95. The first-order valence-electron chi connectivity index (χ1n) is 8.01. The summed E-state index contributed by atoms with van der Waals surface area (Å²) in [5.41, 5.74) is 2.37. The van der Waals surface area contributed by atoms with Gasteiger partial charge in [0.15, 0.2) is 9.84 Å². The van der Waals surface area contributed by atoms with Gasteiger partial charge in [-0.15, -0.1) is 0 Å². The zero-order valence-corrected chi connectivity index (χ0v) is 15.2. The fourth-order valence-electron chi connectivity index (χ4n) is 3.71. The zero-order chi connectivity index (χ0) is 17.8. The zero-order valence-electron chi connectivity index (χ0n) is 13.6. The van der Waals surface area contributed by atoms with Gasteiger partial charge in [0.05, 0.1) is 23.6 Å². The summed E-state index contributed by atoms with van der Waals surface area (Å²) in [6.07, 6.45) is 0. The smallest absolute Gasteiger partial charge is 0.288 e. The standard InChI is InChI=1S/C18H17ClN2O3S/c1-12-4-2-6-14(8-12)20-16-10-25(23,24)11-17(16)21(18(20)22)15-7-3-5-13(19)9-15/h2-9,16-17H,10-11H2,1H3/t16-,17+/m0/s1. The van der Waals surface area contributed by atoms with E-state index in [4.69, 9.17) is 11.6 Å². The van der Waals surface area contributed by atoms with Crippen molar-refractivity contribution >= 4 is 38.8 Å². The van der Waals surface area contributed by atoms with E-state index in [9.17, 15) is 13.2 Å². The van der Waals surface area contributed by atoms with E-state index < -0.39 is 21.9 Å². The predicted molar refractivity (Wildman–Crippen MR) is 99.2 cm³/mol. The van der Waals surface area contributed by atoms with E-state index in [-0.39, 0.29) is 17.5 Å². The lowest BCUT2D eigenvalue weighted by molar-refractivity contribution is 0.255.